The molecule has 2 saturated heterocycles. The molecule has 8 aromatic carbocycles. The summed E-state index contributed by atoms with van der Waals surface area (Å²) in [7, 11) is 0. The maximum absolute atomic E-state index is 13.6. The summed E-state index contributed by atoms with van der Waals surface area (Å²) < 4.78 is 1.66. The standard InChI is InChI=1S/C34H31BrClN3O3.C27H27N3O3.C9H9BrClNO2.2Ni/c35-26-18-17-25(28(36)21-26)20-30(34(41)42)37-32(24-12-5-2-6-13-24)27-14-7-8-15-29(27)38-33(40)31-16-9-19-39(31)22-23-10-3-1-4-11-23;31-25(32)18-28-26(21-12-5-2-6-13-21)22-14-7-8-15-23(22)29-27(33)24-16-9-17-30(24)19-20-10-3-1-4-11-20;10-6-2-1-5(7(11)4-6)3-8(12)9(13)14;;/h1-8,10-15,17-18,21,30-31H,9,16,19-20,22H2,(H2,37,38,40,41,42);1-8,10-15,24H,9,16-19H2,(H2,28,29,31,32,33);1-2,4,8H,3,12H2,(H,13,14);;/p-2/t30?,31-;24-;;;/m11.../s1. The number of carboxylic acid groups (broad SMARTS) is 3. The third-order valence-corrected chi connectivity index (χ3v) is 16.5. The second kappa shape index (κ2) is 36.8. The van der Waals surface area contributed by atoms with E-state index in [2.05, 4.69) is 81.6 Å². The Morgan fingerprint density at radius 1 is 0.527 bits per heavy atom. The van der Waals surface area contributed by atoms with E-state index in [1.54, 1.807) is 42.5 Å². The van der Waals surface area contributed by atoms with E-state index in [1.807, 2.05) is 140 Å². The van der Waals surface area contributed by atoms with Gasteiger partial charge in [0.25, 0.3) is 0 Å². The second-order valence-corrected chi connectivity index (χ2v) is 23.8. The number of likely N-dealkylation sites (tertiary alicyclic amines) is 2. The van der Waals surface area contributed by atoms with Gasteiger partial charge < -0.3 is 41.3 Å². The molecule has 91 heavy (non-hydrogen) atoms. The molecule has 0 bridgehead atoms. The van der Waals surface area contributed by atoms with Crippen molar-refractivity contribution in [3.05, 3.63) is 280 Å². The van der Waals surface area contributed by atoms with E-state index < -0.39 is 30.0 Å². The number of aliphatic imine (C=N–C) groups is 2. The minimum atomic E-state index is -1.11. The molecule has 5 N–H and O–H groups in total. The summed E-state index contributed by atoms with van der Waals surface area (Å²) in [5.74, 6) is -3.50. The summed E-state index contributed by atoms with van der Waals surface area (Å²) in [6.07, 6.45) is 3.74. The van der Waals surface area contributed by atoms with E-state index in [9.17, 15) is 34.2 Å². The second-order valence-electron chi connectivity index (χ2n) is 21.1. The van der Waals surface area contributed by atoms with E-state index in [0.717, 1.165) is 70.0 Å². The van der Waals surface area contributed by atoms with Gasteiger partial charge in [-0.25, -0.2) is 4.79 Å². The third kappa shape index (κ3) is 21.7. The number of aliphatic carboxylic acids is 3. The van der Waals surface area contributed by atoms with Crippen molar-refractivity contribution in [3.8, 4) is 0 Å². The van der Waals surface area contributed by atoms with Crippen LogP contribution in [-0.2, 0) is 82.9 Å². The fourth-order valence-electron chi connectivity index (χ4n) is 10.4. The van der Waals surface area contributed by atoms with Gasteiger partial charge in [-0.3, -0.25) is 29.4 Å². The maximum atomic E-state index is 13.6. The Labute approximate surface area is 576 Å². The van der Waals surface area contributed by atoms with Crippen LogP contribution in [0.1, 0.15) is 70.2 Å². The van der Waals surface area contributed by atoms with E-state index in [0.29, 0.717) is 62.6 Å². The first-order chi connectivity index (χ1) is 43.0. The number of hydrogen-bond acceptors (Lipinski definition) is 10. The molecule has 8 aromatic rings. The van der Waals surface area contributed by atoms with Gasteiger partial charge in [0.15, 0.2) is 6.04 Å². The number of carboxylic acids is 3. The van der Waals surface area contributed by atoms with Crippen molar-refractivity contribution in [2.24, 2.45) is 15.7 Å². The van der Waals surface area contributed by atoms with Crippen LogP contribution in [-0.4, -0.2) is 110 Å². The van der Waals surface area contributed by atoms with Crippen LogP contribution in [0.15, 0.2) is 225 Å². The zero-order chi connectivity index (χ0) is 63.2. The summed E-state index contributed by atoms with van der Waals surface area (Å²) in [5.41, 5.74) is 13.8. The van der Waals surface area contributed by atoms with Crippen molar-refractivity contribution in [2.75, 3.05) is 19.6 Å². The largest absolute Gasteiger partial charge is 0.625 e. The van der Waals surface area contributed by atoms with Gasteiger partial charge in [-0.1, -0.05) is 237 Å². The van der Waals surface area contributed by atoms with Crippen LogP contribution in [0.2, 0.25) is 10.0 Å². The molecule has 2 aliphatic rings. The summed E-state index contributed by atoms with van der Waals surface area (Å²) in [6, 6.07) is 61.6. The average Bonchev–Trinajstić information content (AvgIpc) is 1.81. The van der Waals surface area contributed by atoms with Crippen molar-refractivity contribution in [2.45, 2.75) is 75.8 Å². The maximum Gasteiger partial charge on any atom is 0.328 e. The van der Waals surface area contributed by atoms with Crippen LogP contribution in [0.4, 0.5) is 11.4 Å². The Morgan fingerprint density at radius 2 is 0.923 bits per heavy atom. The summed E-state index contributed by atoms with van der Waals surface area (Å²) >= 11 is 19.0. The van der Waals surface area contributed by atoms with Crippen LogP contribution in [0.25, 0.3) is 10.6 Å². The summed E-state index contributed by atoms with van der Waals surface area (Å²) in [4.78, 5) is 74.5. The Morgan fingerprint density at radius 3 is 1.34 bits per heavy atom. The van der Waals surface area contributed by atoms with Gasteiger partial charge in [-0.2, -0.15) is 0 Å². The number of para-hydroxylation sites is 2. The minimum absolute atomic E-state index is 0. The van der Waals surface area contributed by atoms with Crippen molar-refractivity contribution in [1.29, 1.82) is 0 Å². The van der Waals surface area contributed by atoms with Gasteiger partial charge in [0.05, 0.1) is 35.3 Å². The molecular formula is C70H65Br2Cl2N7Ni2O8-2. The predicted octanol–water partition coefficient (Wildman–Crippen LogP) is 14.7. The van der Waals surface area contributed by atoms with Crippen LogP contribution >= 0.6 is 55.1 Å². The first-order valence-corrected chi connectivity index (χ1v) is 31.1. The number of carbonyl (C=O) groups excluding carboxylic acids is 2. The Kier molecular flexibility index (Phi) is 29.5. The molecule has 21 heteroatoms. The summed E-state index contributed by atoms with van der Waals surface area (Å²) in [5, 5.41) is 38.1. The monoisotopic (exact) mass is 1480 g/mol. The summed E-state index contributed by atoms with van der Waals surface area (Å²) in [6.45, 7) is 2.73. The molecule has 0 radical (unpaired) electrons. The molecule has 15 nitrogen and oxygen atoms in total. The molecule has 10 rings (SSSR count). The van der Waals surface area contributed by atoms with E-state index in [4.69, 9.17) is 39.0 Å². The van der Waals surface area contributed by atoms with Gasteiger partial charge in [0.1, 0.15) is 12.6 Å². The number of hydrogen-bond donors (Lipinski definition) is 4. The topological polar surface area (TPSA) is 231 Å². The third-order valence-electron chi connectivity index (χ3n) is 14.8. The van der Waals surface area contributed by atoms with E-state index in [-0.39, 0.29) is 76.3 Å². The molecular weight excluding hydrogens is 1410 g/mol. The molecule has 0 saturated carbocycles. The van der Waals surface area contributed by atoms with Crippen LogP contribution in [0.5, 0.6) is 0 Å². The van der Waals surface area contributed by atoms with Crippen molar-refractivity contribution in [3.63, 3.8) is 0 Å². The molecule has 2 amide bonds. The number of amides is 2. The number of nitrogens with zero attached hydrogens (tertiary/aromatic N) is 6. The van der Waals surface area contributed by atoms with Crippen LogP contribution < -0.4 is 5.73 Å². The number of halogens is 4. The van der Waals surface area contributed by atoms with Crippen LogP contribution in [0.3, 0.4) is 0 Å². The van der Waals surface area contributed by atoms with E-state index in [1.165, 1.54) is 5.56 Å². The average molecular weight is 1480 g/mol. The zero-order valence-electron chi connectivity index (χ0n) is 49.0. The van der Waals surface area contributed by atoms with Gasteiger partial charge in [-0.05, 0) is 103 Å². The van der Waals surface area contributed by atoms with Crippen LogP contribution in [0, 0.1) is 0 Å². The molecule has 0 aromatic heterocycles. The predicted molar refractivity (Wildman–Crippen MR) is 358 cm³/mol. The molecule has 2 aliphatic heterocycles. The Bertz CT molecular complexity index is 3790. The first kappa shape index (κ1) is 72.9. The molecule has 478 valence electrons. The fourth-order valence-corrected chi connectivity index (χ4v) is 11.9. The van der Waals surface area contributed by atoms with E-state index >= 15 is 0 Å². The van der Waals surface area contributed by atoms with Gasteiger partial charge in [0, 0.05) is 82.6 Å². The Balaban J connectivity index is 0.000000239. The van der Waals surface area contributed by atoms with Gasteiger partial charge in [-0.15, -0.1) is 11.4 Å². The smallest absolute Gasteiger partial charge is 0.328 e. The zero-order valence-corrected chi connectivity index (χ0v) is 55.7. The number of rotatable bonds is 21. The molecule has 2 fully saturated rings. The quantitative estimate of drug-likeness (QED) is 0.0390. The molecule has 2 heterocycles. The first-order valence-electron chi connectivity index (χ1n) is 28.8. The Hall–Kier alpha value is -7.14. The molecule has 0 aliphatic carbocycles. The SMILES string of the molecule is NC(Cc1ccc(Br)cc1Cl)C(=O)O.O=C(O)C(Cc1ccc(Br)cc1Cl)N=C(c1ccccc1)c1ccccc1[N-]C(=O)[C@H]1CCCN1Cc1ccccc1.O=C(O)CN=C(c1ccccc1)c1ccccc1[N-]C(=O)[C@H]1CCCN1Cc1ccccc1.[Ni].[Ni]. The fraction of sp³-hybridized carbons (Fsp3) is 0.214. The molecule has 0 spiro atoms. The normalized spacial score (nSPS) is 15.4. The number of carbonyl (C=O) groups is 5. The minimum Gasteiger partial charge on any atom is -0.625 e. The van der Waals surface area contributed by atoms with Gasteiger partial charge in [0.2, 0.25) is 0 Å². The van der Waals surface area contributed by atoms with Crippen molar-refractivity contribution < 1.29 is 72.3 Å². The number of benzene rings is 8. The number of nitrogens with two attached hydrogens (primary N) is 1. The van der Waals surface area contributed by atoms with Crippen molar-refractivity contribution in [1.82, 2.24) is 9.80 Å². The molecule has 4 atom stereocenters. The van der Waals surface area contributed by atoms with Crippen molar-refractivity contribution >= 4 is 108 Å². The molecule has 2 unspecified atom stereocenters. The van der Waals surface area contributed by atoms with Gasteiger partial charge >= 0.3 is 17.9 Å².